The van der Waals surface area contributed by atoms with Gasteiger partial charge in [-0.2, -0.15) is 0 Å². The number of halogens is 1. The van der Waals surface area contributed by atoms with E-state index in [1.165, 1.54) is 11.8 Å². The molecule has 0 fully saturated rings. The maximum Gasteiger partial charge on any atom is 0.234 e. The van der Waals surface area contributed by atoms with Crippen molar-refractivity contribution in [2.45, 2.75) is 25.9 Å². The highest BCUT2D eigenvalue weighted by Gasteiger charge is 2.16. The molecule has 0 saturated heterocycles. The van der Waals surface area contributed by atoms with E-state index in [4.69, 9.17) is 21.1 Å². The molecule has 1 aromatic heterocycles. The van der Waals surface area contributed by atoms with Gasteiger partial charge >= 0.3 is 0 Å². The quantitative estimate of drug-likeness (QED) is 0.371. The lowest BCUT2D eigenvalue weighted by atomic mass is 10.1. The minimum Gasteiger partial charge on any atom is -0.487 e. The van der Waals surface area contributed by atoms with Crippen LogP contribution in [0.15, 0.2) is 41.6 Å². The van der Waals surface area contributed by atoms with Crippen molar-refractivity contribution in [2.75, 3.05) is 31.4 Å². The second-order valence-electron chi connectivity index (χ2n) is 6.95. The third-order valence-corrected chi connectivity index (χ3v) is 5.73. The molecule has 0 spiro atoms. The largest absolute Gasteiger partial charge is 0.487 e. The number of rotatable bonds is 9. The van der Waals surface area contributed by atoms with Crippen molar-refractivity contribution in [2.24, 2.45) is 0 Å². The Morgan fingerprint density at radius 2 is 1.97 bits per heavy atom. The molecule has 164 valence electrons. The lowest BCUT2D eigenvalue weighted by Crippen LogP contribution is -2.16. The highest BCUT2D eigenvalue weighted by molar-refractivity contribution is 7.99. The van der Waals surface area contributed by atoms with E-state index in [1.54, 1.807) is 25.3 Å². The van der Waals surface area contributed by atoms with Gasteiger partial charge in [-0.15, -0.1) is 10.2 Å². The molecule has 0 aliphatic rings. The van der Waals surface area contributed by atoms with Gasteiger partial charge in [0.25, 0.3) is 0 Å². The standard InChI is InChI=1S/C22H25ClN4O3S/c1-14-8-9-15(2)19(12-14)27-16(3)25-26-22(27)31-13-20(28)24-18-7-5-6-17(23)21(18)30-11-10-29-4/h5-9,12H,10-11,13H2,1-4H3,(H,24,28). The van der Waals surface area contributed by atoms with Crippen molar-refractivity contribution in [1.29, 1.82) is 0 Å². The Morgan fingerprint density at radius 1 is 1.16 bits per heavy atom. The number of nitrogens with zero attached hydrogens (tertiary/aromatic N) is 3. The van der Waals surface area contributed by atoms with Gasteiger partial charge in [0.05, 0.1) is 28.8 Å². The van der Waals surface area contributed by atoms with Crippen molar-refractivity contribution < 1.29 is 14.3 Å². The van der Waals surface area contributed by atoms with Crippen LogP contribution in [0.2, 0.25) is 5.02 Å². The number of aromatic nitrogens is 3. The van der Waals surface area contributed by atoms with Crippen molar-refractivity contribution in [1.82, 2.24) is 14.8 Å². The van der Waals surface area contributed by atoms with Gasteiger partial charge in [0.15, 0.2) is 10.9 Å². The Morgan fingerprint density at radius 3 is 2.74 bits per heavy atom. The zero-order valence-corrected chi connectivity index (χ0v) is 19.5. The number of hydrogen-bond donors (Lipinski definition) is 1. The molecule has 0 radical (unpaired) electrons. The summed E-state index contributed by atoms with van der Waals surface area (Å²) in [4.78, 5) is 12.6. The van der Waals surface area contributed by atoms with Gasteiger partial charge in [0.1, 0.15) is 12.4 Å². The van der Waals surface area contributed by atoms with Crippen LogP contribution in [-0.4, -0.2) is 46.7 Å². The van der Waals surface area contributed by atoms with E-state index in [9.17, 15) is 4.79 Å². The third kappa shape index (κ3) is 5.78. The first-order chi connectivity index (χ1) is 14.9. The molecule has 2 aromatic carbocycles. The van der Waals surface area contributed by atoms with Crippen LogP contribution >= 0.6 is 23.4 Å². The number of ether oxygens (including phenoxy) is 2. The first-order valence-electron chi connectivity index (χ1n) is 9.73. The van der Waals surface area contributed by atoms with E-state index in [-0.39, 0.29) is 11.7 Å². The summed E-state index contributed by atoms with van der Waals surface area (Å²) in [6.07, 6.45) is 0. The average molecular weight is 461 g/mol. The van der Waals surface area contributed by atoms with Crippen molar-refractivity contribution in [3.05, 3.63) is 58.4 Å². The topological polar surface area (TPSA) is 78.3 Å². The minimum atomic E-state index is -0.197. The average Bonchev–Trinajstić information content (AvgIpc) is 3.10. The molecule has 0 bridgehead atoms. The van der Waals surface area contributed by atoms with Crippen molar-refractivity contribution >= 4 is 35.0 Å². The number of carbonyl (C=O) groups is 1. The summed E-state index contributed by atoms with van der Waals surface area (Å²) in [5, 5.41) is 12.4. The zero-order chi connectivity index (χ0) is 22.4. The molecule has 1 N–H and O–H groups in total. The predicted octanol–water partition coefficient (Wildman–Crippen LogP) is 4.60. The monoisotopic (exact) mass is 460 g/mol. The summed E-state index contributed by atoms with van der Waals surface area (Å²) < 4.78 is 12.6. The van der Waals surface area contributed by atoms with Gasteiger partial charge in [-0.1, -0.05) is 41.6 Å². The fraction of sp³-hybridized carbons (Fsp3) is 0.318. The molecular formula is C22H25ClN4O3S. The van der Waals surface area contributed by atoms with Gasteiger partial charge in [-0.05, 0) is 50.1 Å². The summed E-state index contributed by atoms with van der Waals surface area (Å²) in [6, 6.07) is 11.4. The molecule has 0 aliphatic heterocycles. The Labute approximate surface area is 191 Å². The highest BCUT2D eigenvalue weighted by atomic mass is 35.5. The van der Waals surface area contributed by atoms with Gasteiger partial charge in [-0.25, -0.2) is 0 Å². The molecule has 7 nitrogen and oxygen atoms in total. The maximum atomic E-state index is 12.6. The van der Waals surface area contributed by atoms with Crippen LogP contribution in [0.25, 0.3) is 5.69 Å². The second-order valence-corrected chi connectivity index (χ2v) is 8.30. The highest BCUT2D eigenvalue weighted by Crippen LogP contribution is 2.33. The summed E-state index contributed by atoms with van der Waals surface area (Å²) in [5.74, 6) is 1.15. The van der Waals surface area contributed by atoms with Crippen LogP contribution < -0.4 is 10.1 Å². The van der Waals surface area contributed by atoms with Gasteiger partial charge < -0.3 is 14.8 Å². The Balaban J connectivity index is 1.72. The number of carbonyl (C=O) groups excluding carboxylic acids is 1. The Bertz CT molecular complexity index is 1070. The molecule has 0 unspecified atom stereocenters. The maximum absolute atomic E-state index is 12.6. The predicted molar refractivity (Wildman–Crippen MR) is 124 cm³/mol. The zero-order valence-electron chi connectivity index (χ0n) is 17.9. The van der Waals surface area contributed by atoms with Crippen molar-refractivity contribution in [3.63, 3.8) is 0 Å². The second kappa shape index (κ2) is 10.7. The number of benzene rings is 2. The molecule has 0 aliphatic carbocycles. The van der Waals surface area contributed by atoms with Crippen LogP contribution in [0.4, 0.5) is 5.69 Å². The molecule has 0 saturated carbocycles. The molecule has 3 rings (SSSR count). The summed E-state index contributed by atoms with van der Waals surface area (Å²) >= 11 is 7.56. The van der Waals surface area contributed by atoms with E-state index < -0.39 is 0 Å². The van der Waals surface area contributed by atoms with E-state index in [0.717, 1.165) is 22.6 Å². The molecule has 9 heteroatoms. The lowest BCUT2D eigenvalue weighted by Gasteiger charge is -2.14. The summed E-state index contributed by atoms with van der Waals surface area (Å²) in [6.45, 7) is 6.73. The Hall–Kier alpha value is -2.55. The molecule has 1 amide bonds. The van der Waals surface area contributed by atoms with Crippen LogP contribution in [-0.2, 0) is 9.53 Å². The fourth-order valence-corrected chi connectivity index (χ4v) is 3.99. The molecular weight excluding hydrogens is 436 g/mol. The van der Waals surface area contributed by atoms with Crippen LogP contribution in [0.1, 0.15) is 17.0 Å². The van der Waals surface area contributed by atoms with Crippen LogP contribution in [0.3, 0.4) is 0 Å². The normalized spacial score (nSPS) is 10.9. The number of para-hydroxylation sites is 1. The number of nitrogens with one attached hydrogen (secondary N) is 1. The Kier molecular flexibility index (Phi) is 7.95. The van der Waals surface area contributed by atoms with Crippen molar-refractivity contribution in [3.8, 4) is 11.4 Å². The van der Waals surface area contributed by atoms with Crippen LogP contribution in [0.5, 0.6) is 5.75 Å². The smallest absolute Gasteiger partial charge is 0.234 e. The lowest BCUT2D eigenvalue weighted by molar-refractivity contribution is -0.113. The third-order valence-electron chi connectivity index (χ3n) is 4.51. The number of thioether (sulfide) groups is 1. The minimum absolute atomic E-state index is 0.160. The fourth-order valence-electron chi connectivity index (χ4n) is 2.97. The SMILES string of the molecule is COCCOc1c(Cl)cccc1NC(=O)CSc1nnc(C)n1-c1cc(C)ccc1C. The van der Waals surface area contributed by atoms with E-state index in [0.29, 0.717) is 34.8 Å². The van der Waals surface area contributed by atoms with Crippen LogP contribution in [0, 0.1) is 20.8 Å². The first-order valence-corrected chi connectivity index (χ1v) is 11.1. The van der Waals surface area contributed by atoms with Gasteiger partial charge in [0.2, 0.25) is 5.91 Å². The number of methoxy groups -OCH3 is 1. The summed E-state index contributed by atoms with van der Waals surface area (Å²) in [5.41, 5.74) is 3.77. The number of hydrogen-bond acceptors (Lipinski definition) is 6. The van der Waals surface area contributed by atoms with E-state index >= 15 is 0 Å². The molecule has 3 aromatic rings. The molecule has 31 heavy (non-hydrogen) atoms. The van der Waals surface area contributed by atoms with E-state index in [1.807, 2.05) is 25.3 Å². The number of amides is 1. The number of aryl methyl sites for hydroxylation is 3. The molecule has 0 atom stereocenters. The van der Waals surface area contributed by atoms with Gasteiger partial charge in [0, 0.05) is 7.11 Å². The van der Waals surface area contributed by atoms with Gasteiger partial charge in [-0.3, -0.25) is 9.36 Å². The van der Waals surface area contributed by atoms with E-state index in [2.05, 4.69) is 33.7 Å². The molecule has 1 heterocycles. The summed E-state index contributed by atoms with van der Waals surface area (Å²) in [7, 11) is 1.59. The first kappa shape index (κ1) is 23.1. The number of anilines is 1.